The van der Waals surface area contributed by atoms with Gasteiger partial charge >= 0.3 is 0 Å². The van der Waals surface area contributed by atoms with Crippen molar-refractivity contribution in [2.45, 2.75) is 81.9 Å². The summed E-state index contributed by atoms with van der Waals surface area (Å²) in [4.78, 5) is 15.9. The molecule has 0 unspecified atom stereocenters. The molecule has 270 valence electrons. The van der Waals surface area contributed by atoms with E-state index >= 15 is 0 Å². The molecule has 16 heteroatoms. The zero-order valence-electron chi connectivity index (χ0n) is 28.5. The minimum absolute atomic E-state index is 0.00535. The van der Waals surface area contributed by atoms with Gasteiger partial charge in [0.25, 0.3) is 15.9 Å². The molecule has 0 bridgehead atoms. The van der Waals surface area contributed by atoms with Gasteiger partial charge in [0.1, 0.15) is 11.4 Å². The third-order valence-electron chi connectivity index (χ3n) is 8.50. The molecule has 2 N–H and O–H groups in total. The first-order chi connectivity index (χ1) is 23.0. The lowest BCUT2D eigenvalue weighted by Gasteiger charge is -2.35. The normalized spacial score (nSPS) is 20.7. The SMILES string of the molecule is Cc1noc(C)c1S(=O)(=O)Nc1ccc2c(c1)C(=O)N([C@H](C)CO)C[C@H](C)[C@@H](CN(C)S(=O)(=O)c1ccc(Cl)cc1)OCCCC[C@@H](C)O2. The molecule has 0 saturated heterocycles. The van der Waals surface area contributed by atoms with E-state index in [1.165, 1.54) is 66.5 Å². The fraction of sp³-hybridized carbons (Fsp3) is 0.515. The Morgan fingerprint density at radius 3 is 2.43 bits per heavy atom. The molecule has 1 aromatic heterocycles. The standard InChI is InChI=1S/C33H45ClN4O9S2/c1-21-18-38(22(2)20-39)33(40)29-17-27(36-48(41,42)32-24(4)35-47-25(32)5)12-15-30(29)46-23(3)9-7-8-16-45-31(21)19-37(6)49(43,44)28-13-10-26(34)11-14-28/h10-15,17,21-23,31,36,39H,7-9,16,18-20H2,1-6H3/t21-,22+,23+,31+/m0/s1. The molecule has 49 heavy (non-hydrogen) atoms. The van der Waals surface area contributed by atoms with Crippen molar-refractivity contribution in [3.8, 4) is 5.75 Å². The number of aromatic nitrogens is 1. The van der Waals surface area contributed by atoms with Crippen molar-refractivity contribution in [3.63, 3.8) is 0 Å². The highest BCUT2D eigenvalue weighted by Crippen LogP contribution is 2.31. The second kappa shape index (κ2) is 16.2. The smallest absolute Gasteiger partial charge is 0.267 e. The van der Waals surface area contributed by atoms with Gasteiger partial charge in [-0.1, -0.05) is 23.7 Å². The van der Waals surface area contributed by atoms with Crippen LogP contribution in [0, 0.1) is 19.8 Å². The van der Waals surface area contributed by atoms with Crippen LogP contribution in [0.1, 0.15) is 61.8 Å². The van der Waals surface area contributed by atoms with Crippen LogP contribution >= 0.6 is 11.6 Å². The number of benzene rings is 2. The van der Waals surface area contributed by atoms with E-state index in [9.17, 15) is 26.7 Å². The number of carbonyl (C=O) groups is 1. The summed E-state index contributed by atoms with van der Waals surface area (Å²) < 4.78 is 74.8. The van der Waals surface area contributed by atoms with Gasteiger partial charge in [-0.3, -0.25) is 9.52 Å². The lowest BCUT2D eigenvalue weighted by atomic mass is 10.0. The highest BCUT2D eigenvalue weighted by molar-refractivity contribution is 7.92. The number of sulfonamides is 2. The van der Waals surface area contributed by atoms with Gasteiger partial charge in [-0.05, 0) is 89.4 Å². The van der Waals surface area contributed by atoms with Crippen molar-refractivity contribution < 1.29 is 40.7 Å². The van der Waals surface area contributed by atoms with E-state index in [0.717, 1.165) is 6.42 Å². The molecule has 0 aliphatic carbocycles. The van der Waals surface area contributed by atoms with Gasteiger partial charge in [0, 0.05) is 43.4 Å². The maximum Gasteiger partial charge on any atom is 0.267 e. The molecular weight excluding hydrogens is 696 g/mol. The summed E-state index contributed by atoms with van der Waals surface area (Å²) in [6, 6.07) is 9.73. The minimum Gasteiger partial charge on any atom is -0.490 e. The Morgan fingerprint density at radius 2 is 1.80 bits per heavy atom. The van der Waals surface area contributed by atoms with Crippen LogP contribution in [0.5, 0.6) is 5.75 Å². The molecule has 1 aliphatic heterocycles. The van der Waals surface area contributed by atoms with E-state index in [4.69, 9.17) is 25.6 Å². The Balaban J connectivity index is 1.69. The first-order valence-corrected chi connectivity index (χ1v) is 19.4. The molecule has 0 radical (unpaired) electrons. The highest BCUT2D eigenvalue weighted by Gasteiger charge is 2.33. The Kier molecular flexibility index (Phi) is 12.8. The molecule has 0 saturated carbocycles. The van der Waals surface area contributed by atoms with Crippen LogP contribution < -0.4 is 9.46 Å². The van der Waals surface area contributed by atoms with E-state index in [0.29, 0.717) is 24.5 Å². The van der Waals surface area contributed by atoms with Gasteiger partial charge in [-0.25, -0.2) is 16.8 Å². The Morgan fingerprint density at radius 1 is 1.10 bits per heavy atom. The summed E-state index contributed by atoms with van der Waals surface area (Å²) in [6.45, 7) is 8.54. The molecule has 2 aromatic carbocycles. The van der Waals surface area contributed by atoms with Crippen molar-refractivity contribution in [1.82, 2.24) is 14.4 Å². The number of aliphatic hydroxyl groups is 1. The van der Waals surface area contributed by atoms with E-state index in [2.05, 4.69) is 9.88 Å². The molecule has 4 atom stereocenters. The summed E-state index contributed by atoms with van der Waals surface area (Å²) in [6.07, 6.45) is 1.16. The quantitative estimate of drug-likeness (QED) is 0.309. The van der Waals surface area contributed by atoms with Gasteiger partial charge in [0.05, 0.1) is 35.3 Å². The molecule has 3 aromatic rings. The minimum atomic E-state index is -4.12. The number of fused-ring (bicyclic) bond motifs is 1. The van der Waals surface area contributed by atoms with Crippen LogP contribution in [-0.4, -0.2) is 93.8 Å². The summed E-state index contributed by atoms with van der Waals surface area (Å²) in [5, 5.41) is 14.4. The van der Waals surface area contributed by atoms with Crippen molar-refractivity contribution in [2.24, 2.45) is 5.92 Å². The van der Waals surface area contributed by atoms with Gasteiger partial charge in [-0.2, -0.15) is 4.31 Å². The molecule has 2 heterocycles. The van der Waals surface area contributed by atoms with Gasteiger partial charge < -0.3 is 24.0 Å². The second-order valence-corrected chi connectivity index (χ2v) is 16.6. The van der Waals surface area contributed by atoms with E-state index in [1.807, 2.05) is 13.8 Å². The number of carbonyl (C=O) groups excluding carboxylic acids is 1. The number of aryl methyl sites for hydroxylation is 2. The Hall–Kier alpha value is -3.21. The van der Waals surface area contributed by atoms with Gasteiger partial charge in [0.15, 0.2) is 10.7 Å². The number of aliphatic hydroxyl groups excluding tert-OH is 1. The van der Waals surface area contributed by atoms with Crippen LogP contribution in [0.3, 0.4) is 0 Å². The zero-order valence-corrected chi connectivity index (χ0v) is 30.9. The second-order valence-electron chi connectivity index (χ2n) is 12.5. The number of amides is 1. The monoisotopic (exact) mass is 740 g/mol. The number of likely N-dealkylation sites (N-methyl/N-ethyl adjacent to an activating group) is 1. The van der Waals surface area contributed by atoms with Gasteiger partial charge in [-0.15, -0.1) is 0 Å². The average molecular weight is 741 g/mol. The van der Waals surface area contributed by atoms with Crippen LogP contribution in [-0.2, 0) is 24.8 Å². The number of ether oxygens (including phenoxy) is 2. The number of nitrogens with one attached hydrogen (secondary N) is 1. The number of hydrogen-bond acceptors (Lipinski definition) is 10. The lowest BCUT2D eigenvalue weighted by molar-refractivity contribution is -0.00833. The van der Waals surface area contributed by atoms with Crippen molar-refractivity contribution in [1.29, 1.82) is 0 Å². The highest BCUT2D eigenvalue weighted by atomic mass is 35.5. The predicted octanol–water partition coefficient (Wildman–Crippen LogP) is 4.86. The fourth-order valence-corrected chi connectivity index (χ4v) is 8.34. The zero-order chi connectivity index (χ0) is 36.1. The maximum absolute atomic E-state index is 14.4. The number of rotatable bonds is 9. The number of nitrogens with zero attached hydrogens (tertiary/aromatic N) is 3. The number of anilines is 1. The topological polar surface area (TPSA) is 169 Å². The average Bonchev–Trinajstić information content (AvgIpc) is 3.40. The third kappa shape index (κ3) is 9.32. The maximum atomic E-state index is 14.4. The summed E-state index contributed by atoms with van der Waals surface area (Å²) in [5.41, 5.74) is 0.400. The first-order valence-electron chi connectivity index (χ1n) is 16.1. The molecule has 4 rings (SSSR count). The third-order valence-corrected chi connectivity index (χ3v) is 12.2. The first kappa shape index (κ1) is 38.6. The Labute approximate surface area is 293 Å². The number of halogens is 1. The molecule has 0 fully saturated rings. The predicted molar refractivity (Wildman–Crippen MR) is 185 cm³/mol. The summed E-state index contributed by atoms with van der Waals surface area (Å²) in [7, 11) is -6.53. The molecule has 0 spiro atoms. The van der Waals surface area contributed by atoms with Crippen LogP contribution in [0.25, 0.3) is 0 Å². The van der Waals surface area contributed by atoms with Crippen LogP contribution in [0.2, 0.25) is 5.02 Å². The Bertz CT molecular complexity index is 1800. The van der Waals surface area contributed by atoms with Crippen molar-refractivity contribution in [3.05, 3.63) is 64.5 Å². The van der Waals surface area contributed by atoms with Crippen LogP contribution in [0.4, 0.5) is 5.69 Å². The molecule has 1 aliphatic rings. The number of hydrogen-bond donors (Lipinski definition) is 2. The van der Waals surface area contributed by atoms with Gasteiger partial charge in [0.2, 0.25) is 10.0 Å². The summed E-state index contributed by atoms with van der Waals surface area (Å²) in [5.74, 6) is -0.517. The van der Waals surface area contributed by atoms with E-state index in [1.54, 1.807) is 13.0 Å². The van der Waals surface area contributed by atoms with Crippen LogP contribution in [0.15, 0.2) is 56.8 Å². The fourth-order valence-electron chi connectivity index (χ4n) is 5.65. The molecule has 1 amide bonds. The van der Waals surface area contributed by atoms with Crippen molar-refractivity contribution in [2.75, 3.05) is 38.1 Å². The molecular formula is C33H45ClN4O9S2. The van der Waals surface area contributed by atoms with E-state index < -0.39 is 44.0 Å². The van der Waals surface area contributed by atoms with E-state index in [-0.39, 0.29) is 64.0 Å². The summed E-state index contributed by atoms with van der Waals surface area (Å²) >= 11 is 5.98. The largest absolute Gasteiger partial charge is 0.490 e. The van der Waals surface area contributed by atoms with Crippen molar-refractivity contribution >= 4 is 43.2 Å². The lowest BCUT2D eigenvalue weighted by Crippen LogP contribution is -2.48. The molecule has 13 nitrogen and oxygen atoms in total.